The first-order chi connectivity index (χ1) is 10.7. The summed E-state index contributed by atoms with van der Waals surface area (Å²) in [7, 11) is 0. The third-order valence-electron chi connectivity index (χ3n) is 3.81. The van der Waals surface area contributed by atoms with Crippen LogP contribution in [0.25, 0.3) is 0 Å². The van der Waals surface area contributed by atoms with E-state index in [1.54, 1.807) is 0 Å². The summed E-state index contributed by atoms with van der Waals surface area (Å²) in [6, 6.07) is -0.0457. The van der Waals surface area contributed by atoms with Gasteiger partial charge in [-0.2, -0.15) is 0 Å². The standard InChI is InChI=1S/C17H34N4O2/c1-6-8-14(20-16(22)23-17(3,4)5)11-19-15(18)21-10-7-9-13(2)12-21/h13-14H,6-12H2,1-5H3,(H2,18,19)(H,20,22). The number of piperidine rings is 1. The van der Waals surface area contributed by atoms with E-state index in [4.69, 9.17) is 10.5 Å². The van der Waals surface area contributed by atoms with Crippen LogP contribution >= 0.6 is 0 Å². The normalized spacial score (nSPS) is 21.0. The SMILES string of the molecule is CCCC(CN=C(N)N1CCCC(C)C1)NC(=O)OC(C)(C)C. The molecule has 6 nitrogen and oxygen atoms in total. The van der Waals surface area contributed by atoms with Crippen LogP contribution in [0, 0.1) is 5.92 Å². The average Bonchev–Trinajstić information content (AvgIpc) is 2.42. The van der Waals surface area contributed by atoms with Crippen LogP contribution in [0.4, 0.5) is 4.79 Å². The molecule has 0 saturated carbocycles. The van der Waals surface area contributed by atoms with Crippen molar-refractivity contribution in [1.29, 1.82) is 0 Å². The fraction of sp³-hybridized carbons (Fsp3) is 0.882. The number of hydrogen-bond donors (Lipinski definition) is 2. The Morgan fingerprint density at radius 1 is 1.48 bits per heavy atom. The lowest BCUT2D eigenvalue weighted by atomic mass is 10.0. The maximum atomic E-state index is 11.9. The number of likely N-dealkylation sites (tertiary alicyclic amines) is 1. The third-order valence-corrected chi connectivity index (χ3v) is 3.81. The summed E-state index contributed by atoms with van der Waals surface area (Å²) < 4.78 is 5.31. The van der Waals surface area contributed by atoms with Crippen molar-refractivity contribution in [1.82, 2.24) is 10.2 Å². The highest BCUT2D eigenvalue weighted by Crippen LogP contribution is 2.15. The molecule has 1 heterocycles. The number of carbonyl (C=O) groups is 1. The van der Waals surface area contributed by atoms with Gasteiger partial charge in [-0.1, -0.05) is 20.3 Å². The molecule has 23 heavy (non-hydrogen) atoms. The van der Waals surface area contributed by atoms with Gasteiger partial charge >= 0.3 is 6.09 Å². The molecule has 1 aliphatic heterocycles. The molecule has 0 aliphatic carbocycles. The Labute approximate surface area is 140 Å². The second-order valence-electron chi connectivity index (χ2n) is 7.52. The van der Waals surface area contributed by atoms with Gasteiger partial charge in [-0.25, -0.2) is 4.79 Å². The molecule has 1 amide bonds. The zero-order valence-electron chi connectivity index (χ0n) is 15.4. The van der Waals surface area contributed by atoms with E-state index in [0.29, 0.717) is 18.4 Å². The highest BCUT2D eigenvalue weighted by molar-refractivity contribution is 5.78. The molecule has 0 bridgehead atoms. The number of carbonyl (C=O) groups excluding carboxylic acids is 1. The third kappa shape index (κ3) is 8.09. The Hall–Kier alpha value is -1.46. The number of nitrogens with two attached hydrogens (primary N) is 1. The van der Waals surface area contributed by atoms with Gasteiger partial charge in [0.25, 0.3) is 0 Å². The van der Waals surface area contributed by atoms with Crippen molar-refractivity contribution in [2.24, 2.45) is 16.6 Å². The number of alkyl carbamates (subject to hydrolysis) is 1. The van der Waals surface area contributed by atoms with Gasteiger partial charge in [0.2, 0.25) is 0 Å². The largest absolute Gasteiger partial charge is 0.444 e. The Balaban J connectivity index is 2.54. The topological polar surface area (TPSA) is 80.0 Å². The predicted molar refractivity (Wildman–Crippen MR) is 94.5 cm³/mol. The van der Waals surface area contributed by atoms with Crippen molar-refractivity contribution in [3.8, 4) is 0 Å². The number of rotatable bonds is 5. The van der Waals surface area contributed by atoms with Crippen molar-refractivity contribution >= 4 is 12.1 Å². The van der Waals surface area contributed by atoms with Gasteiger partial charge in [0.15, 0.2) is 5.96 Å². The maximum Gasteiger partial charge on any atom is 0.407 e. The van der Waals surface area contributed by atoms with Crippen LogP contribution in [-0.2, 0) is 4.74 Å². The number of amides is 1. The molecule has 3 N–H and O–H groups in total. The minimum absolute atomic E-state index is 0.0457. The lowest BCUT2D eigenvalue weighted by Crippen LogP contribution is -2.45. The zero-order valence-corrected chi connectivity index (χ0v) is 15.4. The van der Waals surface area contributed by atoms with Crippen molar-refractivity contribution < 1.29 is 9.53 Å². The first-order valence-corrected chi connectivity index (χ1v) is 8.75. The summed E-state index contributed by atoms with van der Waals surface area (Å²) >= 11 is 0. The van der Waals surface area contributed by atoms with Gasteiger partial charge in [0, 0.05) is 13.1 Å². The van der Waals surface area contributed by atoms with Gasteiger partial charge in [-0.05, 0) is 46.0 Å². The van der Waals surface area contributed by atoms with Gasteiger partial charge in [0.05, 0.1) is 12.6 Å². The molecule has 1 saturated heterocycles. The molecular formula is C17H34N4O2. The van der Waals surface area contributed by atoms with Gasteiger partial charge in [-0.15, -0.1) is 0 Å². The van der Waals surface area contributed by atoms with Crippen LogP contribution < -0.4 is 11.1 Å². The zero-order chi connectivity index (χ0) is 17.5. The molecule has 0 aromatic heterocycles. The number of ether oxygens (including phenoxy) is 1. The van der Waals surface area contributed by atoms with Crippen LogP contribution in [0.5, 0.6) is 0 Å². The van der Waals surface area contributed by atoms with E-state index in [0.717, 1.165) is 32.4 Å². The second-order valence-corrected chi connectivity index (χ2v) is 7.52. The van der Waals surface area contributed by atoms with Crippen LogP contribution in [0.2, 0.25) is 0 Å². The molecule has 1 fully saturated rings. The van der Waals surface area contributed by atoms with Gasteiger partial charge in [0.1, 0.15) is 5.60 Å². The number of nitrogens with zero attached hydrogens (tertiary/aromatic N) is 2. The lowest BCUT2D eigenvalue weighted by molar-refractivity contribution is 0.0503. The molecular weight excluding hydrogens is 292 g/mol. The smallest absolute Gasteiger partial charge is 0.407 e. The van der Waals surface area contributed by atoms with Crippen LogP contribution in [-0.4, -0.2) is 48.2 Å². The number of hydrogen-bond acceptors (Lipinski definition) is 3. The van der Waals surface area contributed by atoms with Crippen LogP contribution in [0.3, 0.4) is 0 Å². The molecule has 1 rings (SSSR count). The van der Waals surface area contributed by atoms with E-state index in [2.05, 4.69) is 29.1 Å². The Morgan fingerprint density at radius 2 is 2.17 bits per heavy atom. The number of aliphatic imine (C=N–C) groups is 1. The molecule has 6 heteroatoms. The van der Waals surface area contributed by atoms with E-state index in [1.807, 2.05) is 20.8 Å². The summed E-state index contributed by atoms with van der Waals surface area (Å²) in [4.78, 5) is 18.6. The van der Waals surface area contributed by atoms with E-state index >= 15 is 0 Å². The van der Waals surface area contributed by atoms with Crippen LogP contribution in [0.15, 0.2) is 4.99 Å². The molecule has 2 unspecified atom stereocenters. The molecule has 0 aromatic carbocycles. The number of guanidine groups is 1. The van der Waals surface area contributed by atoms with E-state index < -0.39 is 11.7 Å². The molecule has 1 aliphatic rings. The van der Waals surface area contributed by atoms with E-state index in [-0.39, 0.29) is 6.04 Å². The number of nitrogens with one attached hydrogen (secondary N) is 1. The Bertz CT molecular complexity index is 404. The Morgan fingerprint density at radius 3 is 2.74 bits per heavy atom. The minimum atomic E-state index is -0.493. The minimum Gasteiger partial charge on any atom is -0.444 e. The van der Waals surface area contributed by atoms with Crippen molar-refractivity contribution in [3.63, 3.8) is 0 Å². The first kappa shape index (κ1) is 19.6. The lowest BCUT2D eigenvalue weighted by Gasteiger charge is -2.32. The predicted octanol–water partition coefficient (Wildman–Crippen LogP) is 2.73. The van der Waals surface area contributed by atoms with Crippen LogP contribution in [0.1, 0.15) is 60.3 Å². The molecule has 0 radical (unpaired) electrons. The summed E-state index contributed by atoms with van der Waals surface area (Å²) in [5.74, 6) is 1.24. The van der Waals surface area contributed by atoms with Crippen molar-refractivity contribution in [3.05, 3.63) is 0 Å². The fourth-order valence-electron chi connectivity index (χ4n) is 2.73. The van der Waals surface area contributed by atoms with E-state index in [9.17, 15) is 4.79 Å². The molecule has 0 aromatic rings. The first-order valence-electron chi connectivity index (χ1n) is 8.75. The van der Waals surface area contributed by atoms with Gasteiger partial charge < -0.3 is 20.7 Å². The van der Waals surface area contributed by atoms with Crippen molar-refractivity contribution in [2.45, 2.75) is 71.9 Å². The second kappa shape index (κ2) is 8.99. The summed E-state index contributed by atoms with van der Waals surface area (Å²) in [5.41, 5.74) is 5.63. The summed E-state index contributed by atoms with van der Waals surface area (Å²) in [6.07, 6.45) is 3.84. The molecule has 2 atom stereocenters. The highest BCUT2D eigenvalue weighted by atomic mass is 16.6. The van der Waals surface area contributed by atoms with Crippen molar-refractivity contribution in [2.75, 3.05) is 19.6 Å². The Kier molecular flexibility index (Phi) is 7.65. The van der Waals surface area contributed by atoms with Gasteiger partial charge in [-0.3, -0.25) is 4.99 Å². The molecule has 134 valence electrons. The fourth-order valence-corrected chi connectivity index (χ4v) is 2.73. The monoisotopic (exact) mass is 326 g/mol. The highest BCUT2D eigenvalue weighted by Gasteiger charge is 2.20. The summed E-state index contributed by atoms with van der Waals surface area (Å²) in [6.45, 7) is 12.3. The quantitative estimate of drug-likeness (QED) is 0.601. The molecule has 0 spiro atoms. The van der Waals surface area contributed by atoms with E-state index in [1.165, 1.54) is 6.42 Å². The average molecular weight is 326 g/mol. The summed E-state index contributed by atoms with van der Waals surface area (Å²) in [5, 5.41) is 2.90. The maximum absolute atomic E-state index is 11.9.